The van der Waals surface area contributed by atoms with Crippen molar-refractivity contribution in [2.24, 2.45) is 0 Å². The number of nitrogens with one attached hydrogen (secondary N) is 2. The van der Waals surface area contributed by atoms with E-state index in [-0.39, 0.29) is 28.8 Å². The third kappa shape index (κ3) is 5.03. The number of aromatic nitrogens is 2. The molecule has 0 aliphatic rings. The maximum atomic E-state index is 14.5. The van der Waals surface area contributed by atoms with Gasteiger partial charge in [0.1, 0.15) is 5.82 Å². The first-order valence-corrected chi connectivity index (χ1v) is 10.5. The predicted molar refractivity (Wildman–Crippen MR) is 110 cm³/mol. The normalized spacial score (nSPS) is 10.9. The summed E-state index contributed by atoms with van der Waals surface area (Å²) in [6, 6.07) is 6.99. The average molecular weight is 422 g/mol. The molecular formula is C20H21F3N4OS. The van der Waals surface area contributed by atoms with Crippen molar-refractivity contribution in [1.29, 1.82) is 0 Å². The third-order valence-corrected chi connectivity index (χ3v) is 4.95. The Morgan fingerprint density at radius 2 is 1.90 bits per heavy atom. The first kappa shape index (κ1) is 21.0. The summed E-state index contributed by atoms with van der Waals surface area (Å²) in [6.45, 7) is 2.54. The van der Waals surface area contributed by atoms with Crippen LogP contribution < -0.4 is 10.6 Å². The second kappa shape index (κ2) is 9.69. The summed E-state index contributed by atoms with van der Waals surface area (Å²) < 4.78 is 48.3. The van der Waals surface area contributed by atoms with E-state index in [4.69, 9.17) is 4.42 Å². The lowest BCUT2D eigenvalue weighted by Gasteiger charge is -2.13. The van der Waals surface area contributed by atoms with E-state index in [1.54, 1.807) is 17.8 Å². The molecule has 0 amide bonds. The van der Waals surface area contributed by atoms with E-state index in [0.29, 0.717) is 13.0 Å². The highest BCUT2D eigenvalue weighted by molar-refractivity contribution is 7.98. The molecule has 0 radical (unpaired) electrons. The van der Waals surface area contributed by atoms with Crippen LogP contribution in [0.2, 0.25) is 0 Å². The van der Waals surface area contributed by atoms with Crippen molar-refractivity contribution in [3.05, 3.63) is 53.3 Å². The van der Waals surface area contributed by atoms with Crippen LogP contribution in [0, 0.1) is 17.5 Å². The SMILES string of the molecule is CCc1ccc(Nc2c(-c3nnc(NCCCSC)o3)ccc(F)c2F)c(F)c1. The molecule has 0 aliphatic carbocycles. The van der Waals surface area contributed by atoms with Crippen LogP contribution >= 0.6 is 11.8 Å². The Morgan fingerprint density at radius 1 is 1.07 bits per heavy atom. The molecule has 154 valence electrons. The summed E-state index contributed by atoms with van der Waals surface area (Å²) in [5, 5.41) is 13.4. The van der Waals surface area contributed by atoms with Crippen molar-refractivity contribution in [2.45, 2.75) is 19.8 Å². The predicted octanol–water partition coefficient (Wildman–Crippen LogP) is 5.62. The van der Waals surface area contributed by atoms with Gasteiger partial charge in [0.05, 0.1) is 16.9 Å². The largest absolute Gasteiger partial charge is 0.403 e. The Kier molecular flexibility index (Phi) is 7.03. The second-order valence-electron chi connectivity index (χ2n) is 6.26. The lowest BCUT2D eigenvalue weighted by atomic mass is 10.1. The Labute approximate surface area is 171 Å². The molecule has 2 N–H and O–H groups in total. The Balaban J connectivity index is 1.89. The van der Waals surface area contributed by atoms with E-state index in [0.717, 1.165) is 23.8 Å². The first-order valence-electron chi connectivity index (χ1n) is 9.13. The molecule has 3 rings (SSSR count). The van der Waals surface area contributed by atoms with E-state index in [2.05, 4.69) is 20.8 Å². The van der Waals surface area contributed by atoms with Crippen LogP contribution in [-0.4, -0.2) is 28.8 Å². The number of nitrogens with zero attached hydrogens (tertiary/aromatic N) is 2. The molecule has 29 heavy (non-hydrogen) atoms. The second-order valence-corrected chi connectivity index (χ2v) is 7.25. The van der Waals surface area contributed by atoms with Gasteiger partial charge in [-0.1, -0.05) is 18.1 Å². The smallest absolute Gasteiger partial charge is 0.315 e. The third-order valence-electron chi connectivity index (χ3n) is 4.25. The van der Waals surface area contributed by atoms with Crippen molar-refractivity contribution < 1.29 is 17.6 Å². The van der Waals surface area contributed by atoms with Crippen molar-refractivity contribution in [2.75, 3.05) is 29.2 Å². The van der Waals surface area contributed by atoms with Gasteiger partial charge in [0.2, 0.25) is 0 Å². The molecule has 0 aliphatic heterocycles. The number of aryl methyl sites for hydroxylation is 1. The molecule has 0 saturated carbocycles. The van der Waals surface area contributed by atoms with E-state index < -0.39 is 17.5 Å². The van der Waals surface area contributed by atoms with Gasteiger partial charge < -0.3 is 15.1 Å². The van der Waals surface area contributed by atoms with Gasteiger partial charge >= 0.3 is 6.01 Å². The Morgan fingerprint density at radius 3 is 2.62 bits per heavy atom. The standard InChI is InChI=1S/C20H21F3N4OS/c1-3-12-5-8-16(15(22)11-12)25-18-13(6-7-14(21)17(18)23)19-26-27-20(28-19)24-9-4-10-29-2/h5-8,11,25H,3-4,9-10H2,1-2H3,(H,24,27). The molecule has 3 aromatic rings. The number of anilines is 3. The molecular weight excluding hydrogens is 401 g/mol. The quantitative estimate of drug-likeness (QED) is 0.436. The molecule has 1 heterocycles. The molecule has 0 fully saturated rings. The topological polar surface area (TPSA) is 63.0 Å². The summed E-state index contributed by atoms with van der Waals surface area (Å²) in [5.74, 6) is -1.83. The van der Waals surface area contributed by atoms with E-state index in [1.807, 2.05) is 13.2 Å². The number of rotatable bonds is 9. The first-order chi connectivity index (χ1) is 14.0. The molecule has 0 bridgehead atoms. The Hall–Kier alpha value is -2.68. The zero-order chi connectivity index (χ0) is 20.8. The molecule has 0 saturated heterocycles. The average Bonchev–Trinajstić information content (AvgIpc) is 3.19. The lowest BCUT2D eigenvalue weighted by molar-refractivity contribution is 0.511. The van der Waals surface area contributed by atoms with Crippen molar-refractivity contribution in [1.82, 2.24) is 10.2 Å². The van der Waals surface area contributed by atoms with Gasteiger partial charge in [-0.15, -0.1) is 5.10 Å². The lowest BCUT2D eigenvalue weighted by Crippen LogP contribution is -2.02. The van der Waals surface area contributed by atoms with Gasteiger partial charge in [0, 0.05) is 6.54 Å². The molecule has 5 nitrogen and oxygen atoms in total. The molecule has 0 atom stereocenters. The van der Waals surface area contributed by atoms with Gasteiger partial charge in [0.25, 0.3) is 5.89 Å². The number of thioether (sulfide) groups is 1. The fourth-order valence-electron chi connectivity index (χ4n) is 2.68. The van der Waals surface area contributed by atoms with E-state index >= 15 is 0 Å². The zero-order valence-corrected chi connectivity index (χ0v) is 16.9. The fourth-order valence-corrected chi connectivity index (χ4v) is 3.11. The molecule has 9 heteroatoms. The maximum absolute atomic E-state index is 14.5. The summed E-state index contributed by atoms with van der Waals surface area (Å²) >= 11 is 1.73. The molecule has 1 aromatic heterocycles. The summed E-state index contributed by atoms with van der Waals surface area (Å²) in [6.07, 6.45) is 3.58. The van der Waals surface area contributed by atoms with Gasteiger partial charge in [-0.3, -0.25) is 0 Å². The Bertz CT molecular complexity index is 980. The monoisotopic (exact) mass is 422 g/mol. The number of halogens is 3. The highest BCUT2D eigenvalue weighted by Crippen LogP contribution is 2.34. The van der Waals surface area contributed by atoms with Gasteiger partial charge in [-0.25, -0.2) is 13.2 Å². The van der Waals surface area contributed by atoms with Crippen LogP contribution in [-0.2, 0) is 6.42 Å². The summed E-state index contributed by atoms with van der Waals surface area (Å²) in [5.41, 5.74) is 0.670. The van der Waals surface area contributed by atoms with Crippen LogP contribution in [0.4, 0.5) is 30.6 Å². The van der Waals surface area contributed by atoms with Crippen LogP contribution in [0.25, 0.3) is 11.5 Å². The zero-order valence-electron chi connectivity index (χ0n) is 16.1. The van der Waals surface area contributed by atoms with E-state index in [1.165, 1.54) is 18.2 Å². The summed E-state index contributed by atoms with van der Waals surface area (Å²) in [4.78, 5) is 0. The highest BCUT2D eigenvalue weighted by atomic mass is 32.2. The molecule has 2 aromatic carbocycles. The van der Waals surface area contributed by atoms with Gasteiger partial charge in [0.15, 0.2) is 11.6 Å². The minimum Gasteiger partial charge on any atom is -0.403 e. The van der Waals surface area contributed by atoms with Crippen molar-refractivity contribution >= 4 is 29.2 Å². The number of benzene rings is 2. The van der Waals surface area contributed by atoms with Crippen LogP contribution in [0.15, 0.2) is 34.7 Å². The van der Waals surface area contributed by atoms with Crippen LogP contribution in [0.5, 0.6) is 0 Å². The van der Waals surface area contributed by atoms with Crippen LogP contribution in [0.3, 0.4) is 0 Å². The maximum Gasteiger partial charge on any atom is 0.315 e. The minimum atomic E-state index is -1.16. The van der Waals surface area contributed by atoms with E-state index in [9.17, 15) is 13.2 Å². The summed E-state index contributed by atoms with van der Waals surface area (Å²) in [7, 11) is 0. The van der Waals surface area contributed by atoms with Crippen LogP contribution in [0.1, 0.15) is 18.9 Å². The van der Waals surface area contributed by atoms with Gasteiger partial charge in [-0.05, 0) is 54.7 Å². The minimum absolute atomic E-state index is 0.00986. The number of hydrogen-bond acceptors (Lipinski definition) is 6. The molecule has 0 unspecified atom stereocenters. The highest BCUT2D eigenvalue weighted by Gasteiger charge is 2.20. The molecule has 0 spiro atoms. The van der Waals surface area contributed by atoms with Gasteiger partial charge in [-0.2, -0.15) is 11.8 Å². The van der Waals surface area contributed by atoms with Crippen molar-refractivity contribution in [3.63, 3.8) is 0 Å². The van der Waals surface area contributed by atoms with Crippen molar-refractivity contribution in [3.8, 4) is 11.5 Å². The fraction of sp³-hybridized carbons (Fsp3) is 0.300. The number of hydrogen-bond donors (Lipinski definition) is 2.